The number of carbonyl (C=O) groups excluding carboxylic acids is 1. The second kappa shape index (κ2) is 7.96. The van der Waals surface area contributed by atoms with E-state index in [1.165, 1.54) is 18.2 Å². The molecule has 8 nitrogen and oxygen atoms in total. The summed E-state index contributed by atoms with van der Waals surface area (Å²) in [6, 6.07) is 10.7. The number of benzene rings is 2. The highest BCUT2D eigenvalue weighted by atomic mass is 79.9. The van der Waals surface area contributed by atoms with E-state index in [0.717, 1.165) is 5.56 Å². The fraction of sp³-hybridized carbons (Fsp3) is 0. The molecule has 0 spiro atoms. The number of amidine groups is 1. The van der Waals surface area contributed by atoms with Gasteiger partial charge in [-0.2, -0.15) is 0 Å². The number of anilines is 2. The molecule has 1 radical (unpaired) electrons. The molecule has 3 aromatic rings. The third-order valence-corrected chi connectivity index (χ3v) is 4.05. The second-order valence-corrected chi connectivity index (χ2v) is 6.17. The lowest BCUT2D eigenvalue weighted by Crippen LogP contribution is -2.19. The average molecular weight is 433 g/mol. The maximum absolute atomic E-state index is 13.3. The van der Waals surface area contributed by atoms with Gasteiger partial charge in [0.1, 0.15) is 5.82 Å². The highest BCUT2D eigenvalue weighted by molar-refractivity contribution is 9.10. The third kappa shape index (κ3) is 4.29. The van der Waals surface area contributed by atoms with Crippen molar-refractivity contribution in [2.45, 2.75) is 0 Å². The molecule has 0 aliphatic heterocycles. The van der Waals surface area contributed by atoms with Gasteiger partial charge in [0.2, 0.25) is 11.7 Å². The molecule has 0 unspecified atom stereocenters. The number of carbonyl (C=O) groups is 1. The smallest absolute Gasteiger partial charge is 0.256 e. The van der Waals surface area contributed by atoms with Crippen molar-refractivity contribution in [2.24, 2.45) is 5.16 Å². The van der Waals surface area contributed by atoms with Gasteiger partial charge in [-0.05, 0) is 69.1 Å². The van der Waals surface area contributed by atoms with Gasteiger partial charge >= 0.3 is 0 Å². The van der Waals surface area contributed by atoms with Crippen LogP contribution in [0.5, 0.6) is 0 Å². The first kappa shape index (κ1) is 18.5. The molecule has 10 heteroatoms. The van der Waals surface area contributed by atoms with Crippen LogP contribution in [0.4, 0.5) is 15.9 Å². The Morgan fingerprint density at radius 1 is 1.19 bits per heavy atom. The molecule has 3 rings (SSSR count). The van der Waals surface area contributed by atoms with E-state index >= 15 is 0 Å². The first-order valence-corrected chi connectivity index (χ1v) is 8.27. The van der Waals surface area contributed by atoms with Gasteiger partial charge in [0.25, 0.3) is 5.91 Å². The Balaban J connectivity index is 1.80. The van der Waals surface area contributed by atoms with E-state index in [1.54, 1.807) is 24.3 Å². The molecule has 0 bridgehead atoms. The van der Waals surface area contributed by atoms with Crippen LogP contribution in [-0.4, -0.2) is 27.3 Å². The molecule has 1 heterocycles. The fourth-order valence-electron chi connectivity index (χ4n) is 2.10. The Bertz CT molecular complexity index is 1000. The number of rotatable bonds is 4. The number of hydrogen-bond donors (Lipinski definition) is 3. The SMILES string of the molecule is [CH2]c1ccc(C(=O)Nc2nonc2/C(=N\O)Nc2ccc(F)c(Br)c2)cc1. The molecule has 0 saturated carbocycles. The Labute approximate surface area is 161 Å². The maximum atomic E-state index is 13.3. The molecule has 0 aliphatic rings. The van der Waals surface area contributed by atoms with E-state index < -0.39 is 11.7 Å². The summed E-state index contributed by atoms with van der Waals surface area (Å²) in [4.78, 5) is 12.3. The minimum Gasteiger partial charge on any atom is -0.409 e. The molecule has 0 saturated heterocycles. The number of amides is 1. The number of hydrogen-bond acceptors (Lipinski definition) is 6. The van der Waals surface area contributed by atoms with Crippen molar-refractivity contribution in [2.75, 3.05) is 10.6 Å². The first-order chi connectivity index (χ1) is 13.0. The van der Waals surface area contributed by atoms with Crippen LogP contribution in [0.25, 0.3) is 0 Å². The zero-order valence-corrected chi connectivity index (χ0v) is 15.2. The van der Waals surface area contributed by atoms with Crippen molar-refractivity contribution >= 4 is 39.2 Å². The average Bonchev–Trinajstić information content (AvgIpc) is 3.11. The number of halogens is 2. The van der Waals surface area contributed by atoms with Crippen molar-refractivity contribution in [3.63, 3.8) is 0 Å². The van der Waals surface area contributed by atoms with E-state index in [0.29, 0.717) is 11.3 Å². The Morgan fingerprint density at radius 3 is 2.59 bits per heavy atom. The molecule has 3 N–H and O–H groups in total. The van der Waals surface area contributed by atoms with E-state index in [-0.39, 0.29) is 21.8 Å². The summed E-state index contributed by atoms with van der Waals surface area (Å²) in [6.45, 7) is 3.75. The van der Waals surface area contributed by atoms with Crippen molar-refractivity contribution in [3.8, 4) is 0 Å². The minimum atomic E-state index is -0.464. The molecule has 0 atom stereocenters. The van der Waals surface area contributed by atoms with Gasteiger partial charge in [-0.15, -0.1) is 0 Å². The highest BCUT2D eigenvalue weighted by Gasteiger charge is 2.20. The molecule has 0 fully saturated rings. The largest absolute Gasteiger partial charge is 0.409 e. The molecule has 137 valence electrons. The molecular weight excluding hydrogens is 421 g/mol. The lowest BCUT2D eigenvalue weighted by Gasteiger charge is -2.08. The molecule has 1 amide bonds. The van der Waals surface area contributed by atoms with Crippen LogP contribution in [0, 0.1) is 12.7 Å². The van der Waals surface area contributed by atoms with E-state index in [2.05, 4.69) is 53.6 Å². The Kier molecular flexibility index (Phi) is 5.46. The van der Waals surface area contributed by atoms with Crippen LogP contribution in [-0.2, 0) is 0 Å². The second-order valence-electron chi connectivity index (χ2n) is 5.31. The Morgan fingerprint density at radius 2 is 1.93 bits per heavy atom. The van der Waals surface area contributed by atoms with Crippen molar-refractivity contribution < 1.29 is 19.0 Å². The van der Waals surface area contributed by atoms with E-state index in [1.807, 2.05) is 0 Å². The van der Waals surface area contributed by atoms with Crippen LogP contribution >= 0.6 is 15.9 Å². The molecule has 2 aromatic carbocycles. The number of nitrogens with zero attached hydrogens (tertiary/aromatic N) is 3. The summed E-state index contributed by atoms with van der Waals surface area (Å²) in [5, 5.41) is 24.9. The lowest BCUT2D eigenvalue weighted by molar-refractivity contribution is 0.102. The normalized spacial score (nSPS) is 11.3. The van der Waals surface area contributed by atoms with Gasteiger partial charge in [0.05, 0.1) is 4.47 Å². The van der Waals surface area contributed by atoms with E-state index in [4.69, 9.17) is 0 Å². The maximum Gasteiger partial charge on any atom is 0.256 e. The predicted molar refractivity (Wildman–Crippen MR) is 99.2 cm³/mol. The van der Waals surface area contributed by atoms with Crippen molar-refractivity contribution in [3.05, 3.63) is 76.5 Å². The fourth-order valence-corrected chi connectivity index (χ4v) is 2.48. The first-order valence-electron chi connectivity index (χ1n) is 7.48. The van der Waals surface area contributed by atoms with Crippen molar-refractivity contribution in [1.82, 2.24) is 10.3 Å². The van der Waals surface area contributed by atoms with Crippen LogP contribution in [0.2, 0.25) is 0 Å². The van der Waals surface area contributed by atoms with Gasteiger partial charge in [-0.1, -0.05) is 17.3 Å². The van der Waals surface area contributed by atoms with Gasteiger partial charge < -0.3 is 15.8 Å². The zero-order valence-electron chi connectivity index (χ0n) is 13.6. The van der Waals surface area contributed by atoms with Gasteiger partial charge in [-0.3, -0.25) is 4.79 Å². The molecular formula is C17H12BrFN5O3. The number of oxime groups is 1. The molecule has 27 heavy (non-hydrogen) atoms. The third-order valence-electron chi connectivity index (χ3n) is 3.44. The van der Waals surface area contributed by atoms with Gasteiger partial charge in [-0.25, -0.2) is 9.02 Å². The van der Waals surface area contributed by atoms with Gasteiger partial charge in [0.15, 0.2) is 5.69 Å². The summed E-state index contributed by atoms with van der Waals surface area (Å²) in [5.41, 5.74) is 1.50. The summed E-state index contributed by atoms with van der Waals surface area (Å²) in [5.74, 6) is -1.13. The van der Waals surface area contributed by atoms with Crippen LogP contribution in [0.1, 0.15) is 21.6 Å². The standard InChI is InChI=1S/C17H12BrFN5O3/c1-9-2-4-10(5-3-9)17(25)21-16-14(23-27-24-16)15(22-26)20-11-6-7-13(19)12(18)8-11/h2-8,26H,1H2,(H,20,22)(H,21,24,25). The summed E-state index contributed by atoms with van der Waals surface area (Å²) in [7, 11) is 0. The molecule has 0 aliphatic carbocycles. The van der Waals surface area contributed by atoms with E-state index in [9.17, 15) is 14.4 Å². The summed E-state index contributed by atoms with van der Waals surface area (Å²) in [6.07, 6.45) is 0. The lowest BCUT2D eigenvalue weighted by atomic mass is 10.1. The quantitative estimate of drug-likeness (QED) is 0.251. The number of aromatic nitrogens is 2. The monoisotopic (exact) mass is 432 g/mol. The summed E-state index contributed by atoms with van der Waals surface area (Å²) >= 11 is 3.06. The van der Waals surface area contributed by atoms with Crippen LogP contribution in [0.15, 0.2) is 56.7 Å². The minimum absolute atomic E-state index is 0.0416. The Hall–Kier alpha value is -3.27. The highest BCUT2D eigenvalue weighted by Crippen LogP contribution is 2.21. The van der Waals surface area contributed by atoms with Crippen LogP contribution < -0.4 is 10.6 Å². The topological polar surface area (TPSA) is 113 Å². The van der Waals surface area contributed by atoms with Gasteiger partial charge in [0, 0.05) is 11.3 Å². The molecule has 1 aromatic heterocycles. The summed E-state index contributed by atoms with van der Waals surface area (Å²) < 4.78 is 18.2. The zero-order chi connectivity index (χ0) is 19.4. The van der Waals surface area contributed by atoms with Crippen molar-refractivity contribution in [1.29, 1.82) is 0 Å². The predicted octanol–water partition coefficient (Wildman–Crippen LogP) is 3.65. The van der Waals surface area contributed by atoms with Crippen LogP contribution in [0.3, 0.4) is 0 Å². The number of nitrogens with one attached hydrogen (secondary N) is 2.